The third-order valence-corrected chi connectivity index (χ3v) is 5.16. The molecule has 2 heterocycles. The van der Waals surface area contributed by atoms with Gasteiger partial charge in [0.25, 0.3) is 0 Å². The molecule has 0 aliphatic carbocycles. The van der Waals surface area contributed by atoms with Crippen molar-refractivity contribution in [3.63, 3.8) is 0 Å². The van der Waals surface area contributed by atoms with Crippen LogP contribution in [0.3, 0.4) is 0 Å². The number of rotatable bonds is 5. The van der Waals surface area contributed by atoms with Gasteiger partial charge in [0.1, 0.15) is 11.9 Å². The molecule has 0 bridgehead atoms. The Hall–Kier alpha value is -2.79. The van der Waals surface area contributed by atoms with E-state index in [1.165, 1.54) is 11.1 Å². The van der Waals surface area contributed by atoms with Crippen molar-refractivity contribution in [2.45, 2.75) is 12.5 Å². The highest BCUT2D eigenvalue weighted by atomic mass is 16.6. The fourth-order valence-electron chi connectivity index (χ4n) is 3.67. The quantitative estimate of drug-likeness (QED) is 0.809. The van der Waals surface area contributed by atoms with E-state index in [2.05, 4.69) is 35.2 Å². The molecule has 2 aliphatic rings. The predicted octanol–water partition coefficient (Wildman–Crippen LogP) is 3.81. The van der Waals surface area contributed by atoms with Crippen molar-refractivity contribution in [1.82, 2.24) is 4.90 Å². The Kier molecular flexibility index (Phi) is 5.12. The summed E-state index contributed by atoms with van der Waals surface area (Å²) < 4.78 is 10.8. The second-order valence-electron chi connectivity index (χ2n) is 6.92. The van der Waals surface area contributed by atoms with E-state index in [1.54, 1.807) is 12.0 Å². The summed E-state index contributed by atoms with van der Waals surface area (Å²) in [6.45, 7) is 3.21. The summed E-state index contributed by atoms with van der Waals surface area (Å²) in [4.78, 5) is 16.3. The van der Waals surface area contributed by atoms with Crippen LogP contribution in [0.1, 0.15) is 12.0 Å². The van der Waals surface area contributed by atoms with Gasteiger partial charge in [-0.05, 0) is 41.8 Å². The first-order chi connectivity index (χ1) is 13.2. The molecular weight excluding hydrogens is 340 g/mol. The Balaban J connectivity index is 1.34. The summed E-state index contributed by atoms with van der Waals surface area (Å²) in [5.41, 5.74) is 3.54. The van der Waals surface area contributed by atoms with Crippen LogP contribution in [-0.4, -0.2) is 50.4 Å². The van der Waals surface area contributed by atoms with Crippen LogP contribution in [0, 0.1) is 0 Å². The fraction of sp³-hybridized carbons (Fsp3) is 0.318. The number of methoxy groups -OCH3 is 1. The molecule has 0 spiro atoms. The molecule has 27 heavy (non-hydrogen) atoms. The van der Waals surface area contributed by atoms with Gasteiger partial charge in [0.05, 0.1) is 13.7 Å². The summed E-state index contributed by atoms with van der Waals surface area (Å²) in [5, 5.41) is 0. The van der Waals surface area contributed by atoms with Crippen molar-refractivity contribution in [3.8, 4) is 5.75 Å². The number of hydrogen-bond acceptors (Lipinski definition) is 4. The van der Waals surface area contributed by atoms with E-state index in [0.717, 1.165) is 37.5 Å². The molecule has 140 valence electrons. The summed E-state index contributed by atoms with van der Waals surface area (Å²) in [6, 6.07) is 18.0. The maximum atomic E-state index is 12.3. The molecule has 0 radical (unpaired) electrons. The topological polar surface area (TPSA) is 42.0 Å². The molecule has 5 heteroatoms. The first-order valence-electron chi connectivity index (χ1n) is 9.32. The van der Waals surface area contributed by atoms with E-state index in [9.17, 15) is 4.79 Å². The first kappa shape index (κ1) is 17.6. The predicted molar refractivity (Wildman–Crippen MR) is 106 cm³/mol. The molecule has 2 aromatic rings. The van der Waals surface area contributed by atoms with Crippen LogP contribution in [0.5, 0.6) is 5.75 Å². The smallest absolute Gasteiger partial charge is 0.414 e. The first-order valence-corrected chi connectivity index (χ1v) is 9.32. The highest BCUT2D eigenvalue weighted by Gasteiger charge is 2.33. The number of carbonyl (C=O) groups is 1. The van der Waals surface area contributed by atoms with Gasteiger partial charge >= 0.3 is 6.09 Å². The minimum Gasteiger partial charge on any atom is -0.497 e. The summed E-state index contributed by atoms with van der Waals surface area (Å²) in [7, 11) is 1.63. The zero-order valence-electron chi connectivity index (χ0n) is 15.5. The lowest BCUT2D eigenvalue weighted by Gasteiger charge is -2.28. The number of ether oxygens (including phenoxy) is 2. The number of nitrogens with zero attached hydrogens (tertiary/aromatic N) is 2. The van der Waals surface area contributed by atoms with Crippen LogP contribution in [0.2, 0.25) is 0 Å². The molecule has 5 nitrogen and oxygen atoms in total. The monoisotopic (exact) mass is 364 g/mol. The lowest BCUT2D eigenvalue weighted by Crippen LogP contribution is -2.37. The highest BCUT2D eigenvalue weighted by Crippen LogP contribution is 2.26. The van der Waals surface area contributed by atoms with E-state index in [4.69, 9.17) is 9.47 Å². The van der Waals surface area contributed by atoms with Gasteiger partial charge in [-0.2, -0.15) is 0 Å². The largest absolute Gasteiger partial charge is 0.497 e. The van der Waals surface area contributed by atoms with Gasteiger partial charge < -0.3 is 9.47 Å². The second kappa shape index (κ2) is 7.84. The van der Waals surface area contributed by atoms with Crippen LogP contribution in [0.15, 0.2) is 60.7 Å². The summed E-state index contributed by atoms with van der Waals surface area (Å²) >= 11 is 0. The summed E-state index contributed by atoms with van der Waals surface area (Å²) in [6.07, 6.45) is 2.93. The van der Waals surface area contributed by atoms with Gasteiger partial charge in [0.15, 0.2) is 0 Å². The minimum absolute atomic E-state index is 0.105. The van der Waals surface area contributed by atoms with Gasteiger partial charge in [-0.3, -0.25) is 9.80 Å². The SMILES string of the molecule is COc1ccc(N2CC(CN3CC=C(c4ccccc4)CC3)OC2=O)cc1. The number of carbonyl (C=O) groups excluding carboxylic acids is 1. The fourth-order valence-corrected chi connectivity index (χ4v) is 3.67. The molecule has 0 saturated carbocycles. The molecule has 1 unspecified atom stereocenters. The van der Waals surface area contributed by atoms with Gasteiger partial charge in [0.2, 0.25) is 0 Å². The van der Waals surface area contributed by atoms with Gasteiger partial charge in [-0.25, -0.2) is 4.79 Å². The molecule has 4 rings (SSSR count). The second-order valence-corrected chi connectivity index (χ2v) is 6.92. The number of amides is 1. The third kappa shape index (κ3) is 3.98. The van der Waals surface area contributed by atoms with Crippen LogP contribution >= 0.6 is 0 Å². The Morgan fingerprint density at radius 1 is 1.11 bits per heavy atom. The van der Waals surface area contributed by atoms with Crippen molar-refractivity contribution in [1.29, 1.82) is 0 Å². The molecule has 2 aromatic carbocycles. The molecule has 0 aromatic heterocycles. The van der Waals surface area contributed by atoms with E-state index >= 15 is 0 Å². The van der Waals surface area contributed by atoms with Crippen molar-refractivity contribution in [2.75, 3.05) is 38.2 Å². The van der Waals surface area contributed by atoms with Crippen LogP contribution in [0.25, 0.3) is 5.57 Å². The zero-order valence-corrected chi connectivity index (χ0v) is 15.5. The van der Waals surface area contributed by atoms with E-state index in [1.807, 2.05) is 30.3 Å². The third-order valence-electron chi connectivity index (χ3n) is 5.16. The number of hydrogen-bond donors (Lipinski definition) is 0. The number of benzene rings is 2. The van der Waals surface area contributed by atoms with Gasteiger partial charge in [0, 0.05) is 25.3 Å². The molecule has 1 atom stereocenters. The molecule has 1 saturated heterocycles. The average Bonchev–Trinajstić information content (AvgIpc) is 3.09. The average molecular weight is 364 g/mol. The molecule has 1 fully saturated rings. The maximum absolute atomic E-state index is 12.3. The normalized spacial score (nSPS) is 20.3. The Bertz CT molecular complexity index is 817. The van der Waals surface area contributed by atoms with Crippen LogP contribution < -0.4 is 9.64 Å². The number of anilines is 1. The Morgan fingerprint density at radius 2 is 1.89 bits per heavy atom. The standard InChI is InChI=1S/C22H24N2O3/c1-26-20-9-7-19(8-10-20)24-16-21(27-22(24)25)15-23-13-11-18(12-14-23)17-5-3-2-4-6-17/h2-11,21H,12-16H2,1H3. The zero-order chi connectivity index (χ0) is 18.6. The Labute approximate surface area is 159 Å². The van der Waals surface area contributed by atoms with E-state index in [-0.39, 0.29) is 12.2 Å². The van der Waals surface area contributed by atoms with Crippen LogP contribution in [-0.2, 0) is 4.74 Å². The lowest BCUT2D eigenvalue weighted by atomic mass is 9.99. The molecule has 1 amide bonds. The van der Waals surface area contributed by atoms with Crippen molar-refractivity contribution >= 4 is 17.4 Å². The minimum atomic E-state index is -0.275. The van der Waals surface area contributed by atoms with Crippen molar-refractivity contribution in [3.05, 3.63) is 66.2 Å². The van der Waals surface area contributed by atoms with E-state index < -0.39 is 0 Å². The summed E-state index contributed by atoms with van der Waals surface area (Å²) in [5.74, 6) is 0.775. The lowest BCUT2D eigenvalue weighted by molar-refractivity contribution is 0.112. The molecule has 2 aliphatic heterocycles. The highest BCUT2D eigenvalue weighted by molar-refractivity contribution is 5.89. The van der Waals surface area contributed by atoms with Crippen molar-refractivity contribution in [2.24, 2.45) is 0 Å². The molecule has 0 N–H and O–H groups in total. The van der Waals surface area contributed by atoms with Gasteiger partial charge in [-0.1, -0.05) is 36.4 Å². The van der Waals surface area contributed by atoms with E-state index in [0.29, 0.717) is 6.54 Å². The van der Waals surface area contributed by atoms with Crippen molar-refractivity contribution < 1.29 is 14.3 Å². The maximum Gasteiger partial charge on any atom is 0.414 e. The Morgan fingerprint density at radius 3 is 2.56 bits per heavy atom. The number of cyclic esters (lactones) is 1. The van der Waals surface area contributed by atoms with Gasteiger partial charge in [-0.15, -0.1) is 0 Å². The van der Waals surface area contributed by atoms with Crippen LogP contribution in [0.4, 0.5) is 10.5 Å². The molecular formula is C22H24N2O3.